The summed E-state index contributed by atoms with van der Waals surface area (Å²) in [6.07, 6.45) is 1.18. The number of fused-ring (bicyclic) bond motifs is 4. The Balaban J connectivity index is 1.96. The van der Waals surface area contributed by atoms with Crippen LogP contribution in [0.15, 0.2) is 35.6 Å². The van der Waals surface area contributed by atoms with Gasteiger partial charge in [0.25, 0.3) is 0 Å². The van der Waals surface area contributed by atoms with Gasteiger partial charge >= 0.3 is 135 Å². The molecule has 5 nitrogen and oxygen atoms in total. The van der Waals surface area contributed by atoms with Crippen LogP contribution in [0.3, 0.4) is 0 Å². The Hall–Kier alpha value is -1.42. The zero-order valence-electron chi connectivity index (χ0n) is 13.8. The molecule has 0 saturated heterocycles. The second-order valence-corrected chi connectivity index (χ2v) is 10.5. The molecule has 124 valence electrons. The molecule has 1 aromatic carbocycles. The third-order valence-corrected chi connectivity index (χ3v) is 8.75. The summed E-state index contributed by atoms with van der Waals surface area (Å²) >= 11 is 0. The summed E-state index contributed by atoms with van der Waals surface area (Å²) in [5.74, 6) is 1.44. The standard InChI is InChI=1S/C17H21O5P/c1-17(2)9-12(18)15-14(10-17)22-23(19-3,20-4)16(15)11-7-5-6-8-13(11)21-23/h5-8,16H,9-10H2,1-4H3. The van der Waals surface area contributed by atoms with Gasteiger partial charge in [-0.25, -0.2) is 0 Å². The average Bonchev–Trinajstić information content (AvgIpc) is 2.93. The Bertz CT molecular complexity index is 747. The van der Waals surface area contributed by atoms with Crippen LogP contribution in [0.1, 0.15) is 37.9 Å². The van der Waals surface area contributed by atoms with E-state index in [1.165, 1.54) is 14.2 Å². The minimum atomic E-state index is -3.92. The first-order valence-electron chi connectivity index (χ1n) is 7.74. The van der Waals surface area contributed by atoms with Crippen molar-refractivity contribution in [3.8, 4) is 5.75 Å². The van der Waals surface area contributed by atoms with E-state index in [4.69, 9.17) is 18.1 Å². The minimum absolute atomic E-state index is 0.0992. The number of ketones is 1. The molecule has 1 aromatic rings. The van der Waals surface area contributed by atoms with Crippen molar-refractivity contribution in [2.45, 2.75) is 32.3 Å². The van der Waals surface area contributed by atoms with Crippen LogP contribution in [0.4, 0.5) is 0 Å². The summed E-state index contributed by atoms with van der Waals surface area (Å²) in [5.41, 5.74) is 1.04. The number of hydrogen-bond acceptors (Lipinski definition) is 5. The molecule has 0 N–H and O–H groups in total. The summed E-state index contributed by atoms with van der Waals surface area (Å²) in [5, 5.41) is 0. The number of carbonyl (C=O) groups is 1. The van der Waals surface area contributed by atoms with Crippen molar-refractivity contribution >= 4 is 13.3 Å². The average molecular weight is 336 g/mol. The maximum absolute atomic E-state index is 12.9. The van der Waals surface area contributed by atoms with E-state index < -0.39 is 13.2 Å². The molecule has 0 bridgehead atoms. The van der Waals surface area contributed by atoms with Gasteiger partial charge in [-0.15, -0.1) is 0 Å². The Morgan fingerprint density at radius 1 is 1.13 bits per heavy atom. The second kappa shape index (κ2) is 4.35. The molecule has 3 aliphatic rings. The van der Waals surface area contributed by atoms with Gasteiger partial charge in [-0.3, -0.25) is 0 Å². The molecule has 4 rings (SSSR count). The maximum atomic E-state index is 12.9. The number of para-hydroxylation sites is 1. The molecule has 0 radical (unpaired) electrons. The first kappa shape index (κ1) is 15.1. The summed E-state index contributed by atoms with van der Waals surface area (Å²) < 4.78 is 24.1. The fraction of sp³-hybridized carbons (Fsp3) is 0.471. The molecular weight excluding hydrogens is 315 g/mol. The van der Waals surface area contributed by atoms with Crippen molar-refractivity contribution in [1.29, 1.82) is 0 Å². The van der Waals surface area contributed by atoms with Crippen molar-refractivity contribution in [2.75, 3.05) is 14.2 Å². The van der Waals surface area contributed by atoms with E-state index in [1.54, 1.807) is 0 Å². The van der Waals surface area contributed by atoms with Crippen LogP contribution in [-0.2, 0) is 18.4 Å². The van der Waals surface area contributed by atoms with Gasteiger partial charge in [-0.1, -0.05) is 0 Å². The molecule has 0 saturated carbocycles. The first-order valence-corrected chi connectivity index (χ1v) is 9.71. The molecule has 0 aromatic heterocycles. The molecule has 1 aliphatic carbocycles. The third kappa shape index (κ3) is 1.76. The summed E-state index contributed by atoms with van der Waals surface area (Å²) in [4.78, 5) is 12.9. The van der Waals surface area contributed by atoms with Gasteiger partial charge in [0, 0.05) is 0 Å². The number of rotatable bonds is 2. The Kier molecular flexibility index (Phi) is 2.86. The topological polar surface area (TPSA) is 54.0 Å². The van der Waals surface area contributed by atoms with Gasteiger partial charge in [0.1, 0.15) is 0 Å². The molecule has 0 fully saturated rings. The van der Waals surface area contributed by atoms with E-state index >= 15 is 0 Å². The number of Topliss-reactive ketones (excluding diaryl/α,β-unsaturated/α-hetero) is 1. The van der Waals surface area contributed by atoms with Crippen LogP contribution >= 0.6 is 7.51 Å². The van der Waals surface area contributed by atoms with Crippen LogP contribution in [0.5, 0.6) is 5.75 Å². The van der Waals surface area contributed by atoms with Crippen molar-refractivity contribution in [2.24, 2.45) is 5.41 Å². The van der Waals surface area contributed by atoms with E-state index in [0.717, 1.165) is 5.56 Å². The Morgan fingerprint density at radius 3 is 2.52 bits per heavy atom. The SMILES string of the molecule is COP12(OC)OC3=C(C(=O)CC(C)(C)C3)C1c1ccccc1O2. The van der Waals surface area contributed by atoms with E-state index in [9.17, 15) is 4.79 Å². The number of benzene rings is 1. The number of allylic oxidation sites excluding steroid dienone is 2. The van der Waals surface area contributed by atoms with Crippen LogP contribution < -0.4 is 4.52 Å². The van der Waals surface area contributed by atoms with E-state index in [2.05, 4.69) is 13.8 Å². The zero-order chi connectivity index (χ0) is 16.5. The predicted molar refractivity (Wildman–Crippen MR) is 86.9 cm³/mol. The van der Waals surface area contributed by atoms with Gasteiger partial charge < -0.3 is 0 Å². The molecule has 0 spiro atoms. The fourth-order valence-corrected chi connectivity index (χ4v) is 7.56. The van der Waals surface area contributed by atoms with Gasteiger partial charge in [0.05, 0.1) is 0 Å². The zero-order valence-corrected chi connectivity index (χ0v) is 14.7. The molecule has 2 heterocycles. The second-order valence-electron chi connectivity index (χ2n) is 7.13. The molecule has 1 unspecified atom stereocenters. The van der Waals surface area contributed by atoms with Crippen molar-refractivity contribution in [3.05, 3.63) is 41.2 Å². The van der Waals surface area contributed by atoms with E-state index in [0.29, 0.717) is 29.9 Å². The van der Waals surface area contributed by atoms with Gasteiger partial charge in [-0.2, -0.15) is 0 Å². The molecule has 1 atom stereocenters. The summed E-state index contributed by atoms with van der Waals surface area (Å²) in [6.45, 7) is 4.14. The van der Waals surface area contributed by atoms with Crippen molar-refractivity contribution in [3.63, 3.8) is 0 Å². The van der Waals surface area contributed by atoms with Gasteiger partial charge in [-0.05, 0) is 0 Å². The van der Waals surface area contributed by atoms with Crippen molar-refractivity contribution < 1.29 is 22.9 Å². The Morgan fingerprint density at radius 2 is 1.83 bits per heavy atom. The van der Waals surface area contributed by atoms with Crippen LogP contribution in [-0.4, -0.2) is 20.0 Å². The Labute approximate surface area is 135 Å². The number of hydrogen-bond donors (Lipinski definition) is 0. The van der Waals surface area contributed by atoms with Crippen LogP contribution in [0, 0.1) is 5.41 Å². The van der Waals surface area contributed by atoms with Gasteiger partial charge in [0.2, 0.25) is 0 Å². The van der Waals surface area contributed by atoms with Crippen LogP contribution in [0.2, 0.25) is 0 Å². The molecular formula is C17H21O5P. The predicted octanol–water partition coefficient (Wildman–Crippen LogP) is 4.30. The molecule has 0 amide bonds. The van der Waals surface area contributed by atoms with E-state index in [1.807, 2.05) is 24.3 Å². The van der Waals surface area contributed by atoms with Gasteiger partial charge in [0.15, 0.2) is 0 Å². The quantitative estimate of drug-likeness (QED) is 0.754. The number of carbonyl (C=O) groups excluding carboxylic acids is 1. The monoisotopic (exact) mass is 336 g/mol. The molecule has 23 heavy (non-hydrogen) atoms. The normalized spacial score (nSPS) is 30.3. The van der Waals surface area contributed by atoms with Crippen LogP contribution in [0.25, 0.3) is 0 Å². The fourth-order valence-electron chi connectivity index (χ4n) is 3.98. The summed E-state index contributed by atoms with van der Waals surface area (Å²) in [6, 6.07) is 7.64. The van der Waals surface area contributed by atoms with Crippen molar-refractivity contribution in [1.82, 2.24) is 0 Å². The van der Waals surface area contributed by atoms with E-state index in [-0.39, 0.29) is 11.2 Å². The molecule has 6 heteroatoms. The first-order chi connectivity index (χ1) is 10.8. The third-order valence-electron chi connectivity index (χ3n) is 4.98. The summed E-state index contributed by atoms with van der Waals surface area (Å²) in [7, 11) is -0.850. The molecule has 2 aliphatic heterocycles.